The summed E-state index contributed by atoms with van der Waals surface area (Å²) in [6.45, 7) is 2.43. The van der Waals surface area contributed by atoms with Crippen LogP contribution in [-0.2, 0) is 4.79 Å². The van der Waals surface area contributed by atoms with Crippen molar-refractivity contribution in [3.8, 4) is 0 Å². The van der Waals surface area contributed by atoms with Crippen molar-refractivity contribution in [3.63, 3.8) is 0 Å². The Kier molecular flexibility index (Phi) is 7.29. The molecule has 2 unspecified atom stereocenters. The largest absolute Gasteiger partial charge is 0.477 e. The molecular weight excluding hydrogens is 210 g/mol. The van der Waals surface area contributed by atoms with Crippen LogP contribution in [0.2, 0.25) is 0 Å². The number of quaternary nitrogens is 1. The van der Waals surface area contributed by atoms with Gasteiger partial charge in [0.25, 0.3) is 0 Å². The summed E-state index contributed by atoms with van der Waals surface area (Å²) < 4.78 is 0.0793. The van der Waals surface area contributed by atoms with Gasteiger partial charge in [-0.05, 0) is 6.42 Å². The van der Waals surface area contributed by atoms with E-state index in [9.17, 15) is 9.90 Å². The van der Waals surface area contributed by atoms with Gasteiger partial charge in [-0.1, -0.05) is 13.3 Å². The smallest absolute Gasteiger partial charge is 0.359 e. The number of hydrogen-bond acceptors (Lipinski definition) is 3. The Morgan fingerprint density at radius 3 is 2.44 bits per heavy atom. The maximum Gasteiger partial charge on any atom is 0.359 e. The highest BCUT2D eigenvalue weighted by molar-refractivity contribution is 5.67. The predicted molar refractivity (Wildman–Crippen MR) is 60.8 cm³/mol. The molecule has 0 aliphatic rings. The standard InChI is InChI=1S/C11H23NO4/c1-3-4-6-10(14)12(2,7-5-8-13)9-11(15)16/h10,13-14H,3-9H2,1-2H3/p+1. The third-order valence-corrected chi connectivity index (χ3v) is 2.86. The number of carboxylic acids is 1. The van der Waals surface area contributed by atoms with Crippen molar-refractivity contribution >= 4 is 5.97 Å². The summed E-state index contributed by atoms with van der Waals surface area (Å²) >= 11 is 0. The van der Waals surface area contributed by atoms with Gasteiger partial charge in [0, 0.05) is 19.4 Å². The van der Waals surface area contributed by atoms with Gasteiger partial charge in [-0.15, -0.1) is 0 Å². The van der Waals surface area contributed by atoms with Crippen LogP contribution in [0.3, 0.4) is 0 Å². The van der Waals surface area contributed by atoms with Crippen molar-refractivity contribution in [3.05, 3.63) is 0 Å². The molecule has 5 heteroatoms. The van der Waals surface area contributed by atoms with Crippen LogP contribution in [0.15, 0.2) is 0 Å². The molecule has 0 radical (unpaired) electrons. The van der Waals surface area contributed by atoms with Crippen LogP contribution in [0, 0.1) is 0 Å². The van der Waals surface area contributed by atoms with Crippen molar-refractivity contribution in [2.24, 2.45) is 0 Å². The van der Waals surface area contributed by atoms with Crippen LogP contribution in [0.25, 0.3) is 0 Å². The molecule has 0 rings (SSSR count). The average molecular weight is 234 g/mol. The van der Waals surface area contributed by atoms with E-state index in [4.69, 9.17) is 10.2 Å². The van der Waals surface area contributed by atoms with E-state index in [-0.39, 0.29) is 17.6 Å². The number of aliphatic hydroxyl groups is 2. The number of carboxylic acid groups (broad SMARTS) is 1. The normalized spacial score (nSPS) is 16.8. The van der Waals surface area contributed by atoms with E-state index < -0.39 is 12.2 Å². The predicted octanol–water partition coefficient (Wildman–Crippen LogP) is 0.409. The quantitative estimate of drug-likeness (QED) is 0.399. The molecule has 3 N–H and O–H groups in total. The second kappa shape index (κ2) is 7.60. The fourth-order valence-corrected chi connectivity index (χ4v) is 1.77. The second-order valence-electron chi connectivity index (χ2n) is 4.45. The molecule has 0 saturated heterocycles. The molecule has 0 fully saturated rings. The first-order valence-electron chi connectivity index (χ1n) is 5.81. The molecule has 0 spiro atoms. The summed E-state index contributed by atoms with van der Waals surface area (Å²) in [7, 11) is 1.73. The zero-order valence-corrected chi connectivity index (χ0v) is 10.2. The Balaban J connectivity index is 4.42. The third kappa shape index (κ3) is 5.44. The number of carbonyl (C=O) groups is 1. The molecule has 0 saturated carbocycles. The topological polar surface area (TPSA) is 77.8 Å². The Labute approximate surface area is 96.9 Å². The van der Waals surface area contributed by atoms with Crippen molar-refractivity contribution in [2.45, 2.75) is 38.8 Å². The lowest BCUT2D eigenvalue weighted by atomic mass is 10.2. The van der Waals surface area contributed by atoms with E-state index in [2.05, 4.69) is 0 Å². The monoisotopic (exact) mass is 234 g/mol. The first-order chi connectivity index (χ1) is 7.46. The number of likely N-dealkylation sites (N-methyl/N-ethyl adjacent to an activating group) is 1. The molecule has 0 aliphatic carbocycles. The number of nitrogens with zero attached hydrogens (tertiary/aromatic N) is 1. The fourth-order valence-electron chi connectivity index (χ4n) is 1.77. The van der Waals surface area contributed by atoms with E-state index >= 15 is 0 Å². The van der Waals surface area contributed by atoms with Crippen LogP contribution in [-0.4, -0.2) is 58.7 Å². The van der Waals surface area contributed by atoms with Gasteiger partial charge >= 0.3 is 5.97 Å². The number of rotatable bonds is 9. The molecule has 0 aromatic rings. The maximum absolute atomic E-state index is 10.8. The molecule has 16 heavy (non-hydrogen) atoms. The minimum atomic E-state index is -0.920. The molecule has 0 aromatic heterocycles. The first kappa shape index (κ1) is 15.3. The SMILES string of the molecule is CCCCC(O)[N+](C)(CCCO)CC(=O)O. The number of aliphatic carboxylic acids is 1. The van der Waals surface area contributed by atoms with Gasteiger partial charge in [-0.3, -0.25) is 4.48 Å². The van der Waals surface area contributed by atoms with Gasteiger partial charge in [0.15, 0.2) is 12.8 Å². The van der Waals surface area contributed by atoms with E-state index in [0.717, 1.165) is 12.8 Å². The molecule has 2 atom stereocenters. The lowest BCUT2D eigenvalue weighted by Gasteiger charge is -2.37. The minimum absolute atomic E-state index is 0.0218. The van der Waals surface area contributed by atoms with Gasteiger partial charge < -0.3 is 15.3 Å². The number of aliphatic hydroxyl groups excluding tert-OH is 2. The van der Waals surface area contributed by atoms with Crippen LogP contribution >= 0.6 is 0 Å². The molecule has 5 nitrogen and oxygen atoms in total. The van der Waals surface area contributed by atoms with Crippen LogP contribution in [0.1, 0.15) is 32.6 Å². The Morgan fingerprint density at radius 2 is 2.00 bits per heavy atom. The Bertz CT molecular complexity index is 210. The molecule has 0 bridgehead atoms. The van der Waals surface area contributed by atoms with Crippen molar-refractivity contribution in [2.75, 3.05) is 26.7 Å². The average Bonchev–Trinajstić information content (AvgIpc) is 2.22. The summed E-state index contributed by atoms with van der Waals surface area (Å²) in [6.07, 6.45) is 2.30. The van der Waals surface area contributed by atoms with Crippen LogP contribution < -0.4 is 0 Å². The highest BCUT2D eigenvalue weighted by atomic mass is 16.4. The fraction of sp³-hybridized carbons (Fsp3) is 0.909. The molecular formula is C11H24NO4+. The Hall–Kier alpha value is -0.650. The van der Waals surface area contributed by atoms with Gasteiger partial charge in [-0.25, -0.2) is 4.79 Å². The molecule has 0 amide bonds. The molecule has 96 valence electrons. The van der Waals surface area contributed by atoms with E-state index in [1.807, 2.05) is 6.92 Å². The van der Waals surface area contributed by atoms with Gasteiger partial charge in [0.1, 0.15) is 0 Å². The summed E-state index contributed by atoms with van der Waals surface area (Å²) in [4.78, 5) is 10.8. The van der Waals surface area contributed by atoms with Crippen LogP contribution in [0.4, 0.5) is 0 Å². The van der Waals surface area contributed by atoms with Crippen molar-refractivity contribution in [1.29, 1.82) is 0 Å². The highest BCUT2D eigenvalue weighted by Crippen LogP contribution is 2.15. The molecule has 0 aliphatic heterocycles. The van der Waals surface area contributed by atoms with Gasteiger partial charge in [0.05, 0.1) is 13.6 Å². The van der Waals surface area contributed by atoms with Gasteiger partial charge in [0.2, 0.25) is 0 Å². The zero-order chi connectivity index (χ0) is 12.6. The van der Waals surface area contributed by atoms with Crippen LogP contribution in [0.5, 0.6) is 0 Å². The second-order valence-corrected chi connectivity index (χ2v) is 4.45. The molecule has 0 heterocycles. The maximum atomic E-state index is 10.8. The Morgan fingerprint density at radius 1 is 1.38 bits per heavy atom. The van der Waals surface area contributed by atoms with E-state index in [0.29, 0.717) is 19.4 Å². The summed E-state index contributed by atoms with van der Waals surface area (Å²) in [5.74, 6) is -0.920. The number of unbranched alkanes of at least 4 members (excludes halogenated alkanes) is 1. The third-order valence-electron chi connectivity index (χ3n) is 2.86. The molecule has 0 aromatic carbocycles. The summed E-state index contributed by atoms with van der Waals surface area (Å²) in [5, 5.41) is 27.6. The first-order valence-corrected chi connectivity index (χ1v) is 5.81. The van der Waals surface area contributed by atoms with Crippen molar-refractivity contribution in [1.82, 2.24) is 0 Å². The van der Waals surface area contributed by atoms with E-state index in [1.54, 1.807) is 7.05 Å². The highest BCUT2D eigenvalue weighted by Gasteiger charge is 2.32. The minimum Gasteiger partial charge on any atom is -0.477 e. The lowest BCUT2D eigenvalue weighted by molar-refractivity contribution is -0.948. The van der Waals surface area contributed by atoms with Crippen molar-refractivity contribution < 1.29 is 24.6 Å². The summed E-state index contributed by atoms with van der Waals surface area (Å²) in [5.41, 5.74) is 0. The van der Waals surface area contributed by atoms with E-state index in [1.165, 1.54) is 0 Å². The number of hydrogen-bond donors (Lipinski definition) is 3. The lowest BCUT2D eigenvalue weighted by Crippen LogP contribution is -2.55. The zero-order valence-electron chi connectivity index (χ0n) is 10.2. The van der Waals surface area contributed by atoms with Gasteiger partial charge in [-0.2, -0.15) is 0 Å². The summed E-state index contributed by atoms with van der Waals surface area (Å²) in [6, 6.07) is 0.